The van der Waals surface area contributed by atoms with E-state index in [0.717, 1.165) is 13.0 Å². The summed E-state index contributed by atoms with van der Waals surface area (Å²) in [5.41, 5.74) is 3.23. The van der Waals surface area contributed by atoms with Crippen molar-refractivity contribution in [3.8, 4) is 0 Å². The van der Waals surface area contributed by atoms with E-state index < -0.39 is 5.97 Å². The number of halogens is 1. The molecule has 0 heterocycles. The van der Waals surface area contributed by atoms with Crippen LogP contribution >= 0.6 is 0 Å². The third kappa shape index (κ3) is 2.81. The first kappa shape index (κ1) is 13.8. The number of carbonyl (C=O) groups is 1. The first-order valence-electron chi connectivity index (χ1n) is 6.95. The second-order valence-electron chi connectivity index (χ2n) is 5.34. The SMILES string of the molecule is O=C(O)c1ccc(F)c(CNCC2Cc3ccccc32)c1. The Kier molecular flexibility index (Phi) is 3.71. The number of nitrogens with one attached hydrogen (secondary N) is 1. The quantitative estimate of drug-likeness (QED) is 0.888. The summed E-state index contributed by atoms with van der Waals surface area (Å²) in [6.45, 7) is 1.11. The highest BCUT2D eigenvalue weighted by atomic mass is 19.1. The van der Waals surface area contributed by atoms with E-state index in [1.54, 1.807) is 0 Å². The van der Waals surface area contributed by atoms with Crippen LogP contribution in [0.15, 0.2) is 42.5 Å². The highest BCUT2D eigenvalue weighted by Crippen LogP contribution is 2.34. The van der Waals surface area contributed by atoms with Crippen LogP contribution in [-0.4, -0.2) is 17.6 Å². The zero-order valence-corrected chi connectivity index (χ0v) is 11.5. The van der Waals surface area contributed by atoms with Crippen molar-refractivity contribution >= 4 is 5.97 Å². The van der Waals surface area contributed by atoms with Crippen molar-refractivity contribution in [3.63, 3.8) is 0 Å². The fourth-order valence-electron chi connectivity index (χ4n) is 2.77. The normalized spacial score (nSPS) is 16.1. The molecule has 0 saturated heterocycles. The van der Waals surface area contributed by atoms with Crippen molar-refractivity contribution in [1.82, 2.24) is 5.32 Å². The molecule has 21 heavy (non-hydrogen) atoms. The molecule has 0 bridgehead atoms. The van der Waals surface area contributed by atoms with E-state index in [0.29, 0.717) is 18.0 Å². The molecule has 2 N–H and O–H groups in total. The molecule has 3 rings (SSSR count). The summed E-state index contributed by atoms with van der Waals surface area (Å²) in [4.78, 5) is 10.9. The zero-order valence-electron chi connectivity index (χ0n) is 11.5. The molecule has 0 radical (unpaired) electrons. The summed E-state index contributed by atoms with van der Waals surface area (Å²) in [5.74, 6) is -0.947. The second-order valence-corrected chi connectivity index (χ2v) is 5.34. The smallest absolute Gasteiger partial charge is 0.335 e. The number of fused-ring (bicyclic) bond motifs is 1. The maximum absolute atomic E-state index is 13.7. The minimum absolute atomic E-state index is 0.113. The molecule has 1 aliphatic rings. The number of rotatable bonds is 5. The van der Waals surface area contributed by atoms with E-state index in [9.17, 15) is 9.18 Å². The van der Waals surface area contributed by atoms with Crippen LogP contribution in [0.25, 0.3) is 0 Å². The topological polar surface area (TPSA) is 49.3 Å². The maximum atomic E-state index is 13.7. The maximum Gasteiger partial charge on any atom is 0.335 e. The molecule has 1 aliphatic carbocycles. The summed E-state index contributed by atoms with van der Waals surface area (Å²) in [5, 5.41) is 12.1. The molecule has 3 nitrogen and oxygen atoms in total. The first-order valence-corrected chi connectivity index (χ1v) is 6.95. The Labute approximate surface area is 122 Å². The summed E-state index contributed by atoms with van der Waals surface area (Å²) < 4.78 is 13.7. The molecule has 108 valence electrons. The van der Waals surface area contributed by atoms with Gasteiger partial charge >= 0.3 is 5.97 Å². The van der Waals surface area contributed by atoms with Crippen LogP contribution in [0.1, 0.15) is 33.0 Å². The van der Waals surface area contributed by atoms with Crippen LogP contribution in [0.2, 0.25) is 0 Å². The van der Waals surface area contributed by atoms with Gasteiger partial charge < -0.3 is 10.4 Å². The Bertz CT molecular complexity index is 684. The number of aromatic carboxylic acids is 1. The third-order valence-corrected chi connectivity index (χ3v) is 3.96. The highest BCUT2D eigenvalue weighted by molar-refractivity contribution is 5.87. The Morgan fingerprint density at radius 2 is 2.10 bits per heavy atom. The van der Waals surface area contributed by atoms with Gasteiger partial charge in [-0.25, -0.2) is 9.18 Å². The molecule has 2 aromatic carbocycles. The Balaban J connectivity index is 1.59. The lowest BCUT2D eigenvalue weighted by atomic mass is 9.77. The van der Waals surface area contributed by atoms with Crippen molar-refractivity contribution in [3.05, 3.63) is 70.5 Å². The van der Waals surface area contributed by atoms with Crippen molar-refractivity contribution < 1.29 is 14.3 Å². The van der Waals surface area contributed by atoms with Crippen LogP contribution in [0.5, 0.6) is 0 Å². The molecule has 0 spiro atoms. The Morgan fingerprint density at radius 3 is 2.86 bits per heavy atom. The van der Waals surface area contributed by atoms with Gasteiger partial charge in [-0.05, 0) is 35.7 Å². The molecular weight excluding hydrogens is 269 g/mol. The predicted octanol–water partition coefficient (Wildman–Crippen LogP) is 2.95. The van der Waals surface area contributed by atoms with Gasteiger partial charge in [-0.15, -0.1) is 0 Å². The first-order chi connectivity index (χ1) is 10.1. The average molecular weight is 285 g/mol. The van der Waals surface area contributed by atoms with Crippen molar-refractivity contribution in [2.24, 2.45) is 0 Å². The molecule has 4 heteroatoms. The molecule has 2 aromatic rings. The van der Waals surface area contributed by atoms with Crippen LogP contribution in [0.3, 0.4) is 0 Å². The van der Waals surface area contributed by atoms with E-state index in [1.807, 2.05) is 12.1 Å². The van der Waals surface area contributed by atoms with Gasteiger partial charge in [-0.2, -0.15) is 0 Å². The van der Waals surface area contributed by atoms with E-state index in [-0.39, 0.29) is 11.4 Å². The van der Waals surface area contributed by atoms with Crippen molar-refractivity contribution in [2.75, 3.05) is 6.54 Å². The van der Waals surface area contributed by atoms with E-state index in [2.05, 4.69) is 17.4 Å². The number of carboxylic acids is 1. The van der Waals surface area contributed by atoms with E-state index in [1.165, 1.54) is 29.3 Å². The van der Waals surface area contributed by atoms with E-state index in [4.69, 9.17) is 5.11 Å². The highest BCUT2D eigenvalue weighted by Gasteiger charge is 2.24. The molecule has 0 aromatic heterocycles. The number of hydrogen-bond acceptors (Lipinski definition) is 2. The lowest BCUT2D eigenvalue weighted by Crippen LogP contribution is -2.29. The molecule has 1 unspecified atom stereocenters. The molecule has 0 aliphatic heterocycles. The molecule has 1 atom stereocenters. The number of benzene rings is 2. The van der Waals surface area contributed by atoms with Gasteiger partial charge in [0.15, 0.2) is 0 Å². The summed E-state index contributed by atoms with van der Waals surface area (Å²) in [6.07, 6.45) is 1.04. The van der Waals surface area contributed by atoms with Crippen LogP contribution < -0.4 is 5.32 Å². The monoisotopic (exact) mass is 285 g/mol. The van der Waals surface area contributed by atoms with Gasteiger partial charge in [-0.1, -0.05) is 24.3 Å². The molecular formula is C17H16FNO2. The minimum Gasteiger partial charge on any atom is -0.478 e. The third-order valence-electron chi connectivity index (χ3n) is 3.96. The standard InChI is InChI=1S/C17H16FNO2/c18-16-6-5-12(17(20)21)8-14(16)10-19-9-13-7-11-3-1-2-4-15(11)13/h1-6,8,13,19H,7,9-10H2,(H,20,21). The van der Waals surface area contributed by atoms with Crippen molar-refractivity contribution in [1.29, 1.82) is 0 Å². The van der Waals surface area contributed by atoms with Gasteiger partial charge in [0.1, 0.15) is 5.82 Å². The molecule has 0 fully saturated rings. The van der Waals surface area contributed by atoms with Crippen molar-refractivity contribution in [2.45, 2.75) is 18.9 Å². The molecule has 0 amide bonds. The fraction of sp³-hybridized carbons (Fsp3) is 0.235. The largest absolute Gasteiger partial charge is 0.478 e. The average Bonchev–Trinajstić information content (AvgIpc) is 2.45. The summed E-state index contributed by atoms with van der Waals surface area (Å²) >= 11 is 0. The Hall–Kier alpha value is -2.20. The summed E-state index contributed by atoms with van der Waals surface area (Å²) in [6, 6.07) is 12.2. The van der Waals surface area contributed by atoms with Gasteiger partial charge in [0.25, 0.3) is 0 Å². The summed E-state index contributed by atoms with van der Waals surface area (Å²) in [7, 11) is 0. The van der Waals surface area contributed by atoms with Crippen LogP contribution in [0, 0.1) is 5.82 Å². The second kappa shape index (κ2) is 5.66. The number of carboxylic acid groups (broad SMARTS) is 1. The lowest BCUT2D eigenvalue weighted by Gasteiger charge is -2.30. The van der Waals surface area contributed by atoms with Crippen LogP contribution in [0.4, 0.5) is 4.39 Å². The van der Waals surface area contributed by atoms with Crippen LogP contribution in [-0.2, 0) is 13.0 Å². The lowest BCUT2D eigenvalue weighted by molar-refractivity contribution is 0.0696. The molecule has 0 saturated carbocycles. The van der Waals surface area contributed by atoms with Gasteiger partial charge in [0.2, 0.25) is 0 Å². The number of hydrogen-bond donors (Lipinski definition) is 2. The fourth-order valence-corrected chi connectivity index (χ4v) is 2.77. The van der Waals surface area contributed by atoms with Gasteiger partial charge in [0, 0.05) is 24.6 Å². The minimum atomic E-state index is -1.04. The Morgan fingerprint density at radius 1 is 1.29 bits per heavy atom. The van der Waals surface area contributed by atoms with Gasteiger partial charge in [0.05, 0.1) is 5.56 Å². The zero-order chi connectivity index (χ0) is 14.8. The van der Waals surface area contributed by atoms with E-state index >= 15 is 0 Å². The van der Waals surface area contributed by atoms with Gasteiger partial charge in [-0.3, -0.25) is 0 Å². The predicted molar refractivity (Wildman–Crippen MR) is 78.0 cm³/mol.